The van der Waals surface area contributed by atoms with Crippen LogP contribution in [-0.2, 0) is 16.1 Å². The molecule has 0 aliphatic carbocycles. The molecular weight excluding hydrogens is 308 g/mol. The molecular formula is C15H23ClN2O2S. The van der Waals surface area contributed by atoms with Crippen LogP contribution in [0.5, 0.6) is 0 Å². The van der Waals surface area contributed by atoms with Crippen LogP contribution in [0.4, 0.5) is 0 Å². The summed E-state index contributed by atoms with van der Waals surface area (Å²) in [6, 6.07) is 3.77. The van der Waals surface area contributed by atoms with Crippen LogP contribution in [0.15, 0.2) is 12.1 Å². The zero-order chi connectivity index (χ0) is 16.0. The van der Waals surface area contributed by atoms with Gasteiger partial charge in [-0.1, -0.05) is 32.4 Å². The van der Waals surface area contributed by atoms with E-state index in [0.717, 1.165) is 9.21 Å². The van der Waals surface area contributed by atoms with Crippen molar-refractivity contribution in [2.45, 2.75) is 40.2 Å². The quantitative estimate of drug-likeness (QED) is 0.813. The van der Waals surface area contributed by atoms with Crippen LogP contribution < -0.4 is 5.32 Å². The van der Waals surface area contributed by atoms with Crippen molar-refractivity contribution in [3.63, 3.8) is 0 Å². The number of hydrogen-bond acceptors (Lipinski definition) is 3. The minimum atomic E-state index is -0.390. The van der Waals surface area contributed by atoms with Crippen LogP contribution in [0.3, 0.4) is 0 Å². The zero-order valence-corrected chi connectivity index (χ0v) is 14.6. The van der Waals surface area contributed by atoms with Crippen molar-refractivity contribution in [1.29, 1.82) is 0 Å². The average Bonchev–Trinajstić information content (AvgIpc) is 2.78. The molecule has 0 radical (unpaired) electrons. The van der Waals surface area contributed by atoms with E-state index in [1.165, 1.54) is 11.3 Å². The summed E-state index contributed by atoms with van der Waals surface area (Å²) in [5, 5.41) is 2.84. The molecule has 0 unspecified atom stereocenters. The zero-order valence-electron chi connectivity index (χ0n) is 13.0. The molecule has 118 valence electrons. The Balaban J connectivity index is 2.26. The average molecular weight is 331 g/mol. The third-order valence-electron chi connectivity index (χ3n) is 2.98. The molecule has 0 atom stereocenters. The summed E-state index contributed by atoms with van der Waals surface area (Å²) in [6.45, 7) is 6.71. The van der Waals surface area contributed by atoms with Crippen molar-refractivity contribution >= 4 is 34.8 Å². The van der Waals surface area contributed by atoms with Crippen LogP contribution in [0.25, 0.3) is 0 Å². The highest BCUT2D eigenvalue weighted by molar-refractivity contribution is 7.16. The minimum Gasteiger partial charge on any atom is -0.356 e. The van der Waals surface area contributed by atoms with E-state index in [-0.39, 0.29) is 17.2 Å². The van der Waals surface area contributed by atoms with Gasteiger partial charge in [-0.3, -0.25) is 9.59 Å². The lowest BCUT2D eigenvalue weighted by atomic mass is 9.96. The van der Waals surface area contributed by atoms with Crippen LogP contribution in [-0.4, -0.2) is 30.3 Å². The van der Waals surface area contributed by atoms with Crippen LogP contribution in [0.1, 0.15) is 38.5 Å². The predicted molar refractivity (Wildman–Crippen MR) is 87.5 cm³/mol. The topological polar surface area (TPSA) is 49.4 Å². The summed E-state index contributed by atoms with van der Waals surface area (Å²) < 4.78 is 0.732. The van der Waals surface area contributed by atoms with E-state index in [1.54, 1.807) is 11.9 Å². The number of nitrogens with one attached hydrogen (secondary N) is 1. The van der Waals surface area contributed by atoms with Gasteiger partial charge < -0.3 is 10.2 Å². The number of hydrogen-bond donors (Lipinski definition) is 1. The Labute approximate surface area is 135 Å². The first-order chi connectivity index (χ1) is 9.70. The summed E-state index contributed by atoms with van der Waals surface area (Å²) in [4.78, 5) is 26.4. The van der Waals surface area contributed by atoms with Crippen molar-refractivity contribution in [3.8, 4) is 0 Å². The lowest BCUT2D eigenvalue weighted by molar-refractivity contribution is -0.131. The van der Waals surface area contributed by atoms with Crippen molar-refractivity contribution in [2.24, 2.45) is 5.41 Å². The van der Waals surface area contributed by atoms with Crippen LogP contribution >= 0.6 is 22.9 Å². The summed E-state index contributed by atoms with van der Waals surface area (Å²) in [5.41, 5.74) is -0.390. The maximum atomic E-state index is 12.0. The standard InChI is InChI=1S/C15H23ClN2O2S/c1-15(2,3)14(20)17-9-5-6-13(19)18(4)10-11-7-8-12(16)21-11/h7-8H,5-6,9-10H2,1-4H3,(H,17,20). The van der Waals surface area contributed by atoms with Crippen molar-refractivity contribution in [3.05, 3.63) is 21.3 Å². The second-order valence-corrected chi connectivity index (χ2v) is 7.86. The second kappa shape index (κ2) is 7.80. The van der Waals surface area contributed by atoms with Gasteiger partial charge in [0.1, 0.15) is 0 Å². The first-order valence-electron chi connectivity index (χ1n) is 6.96. The van der Waals surface area contributed by atoms with E-state index in [0.29, 0.717) is 25.9 Å². The fourth-order valence-electron chi connectivity index (χ4n) is 1.66. The molecule has 1 heterocycles. The van der Waals surface area contributed by atoms with E-state index in [9.17, 15) is 9.59 Å². The highest BCUT2D eigenvalue weighted by Gasteiger charge is 2.20. The molecule has 0 aliphatic rings. The molecule has 1 rings (SSSR count). The monoisotopic (exact) mass is 330 g/mol. The lowest BCUT2D eigenvalue weighted by Crippen LogP contribution is -2.35. The number of thiophene rings is 1. The fraction of sp³-hybridized carbons (Fsp3) is 0.600. The van der Waals surface area contributed by atoms with Gasteiger partial charge in [0.15, 0.2) is 0 Å². The number of rotatable bonds is 6. The smallest absolute Gasteiger partial charge is 0.225 e. The number of nitrogens with zero attached hydrogens (tertiary/aromatic N) is 1. The summed E-state index contributed by atoms with van der Waals surface area (Å²) in [6.07, 6.45) is 1.08. The number of carbonyl (C=O) groups excluding carboxylic acids is 2. The summed E-state index contributed by atoms with van der Waals surface area (Å²) in [7, 11) is 1.78. The Kier molecular flexibility index (Phi) is 6.68. The van der Waals surface area contributed by atoms with Crippen LogP contribution in [0.2, 0.25) is 4.34 Å². The molecule has 0 saturated carbocycles. The summed E-state index contributed by atoms with van der Waals surface area (Å²) >= 11 is 7.35. The SMILES string of the molecule is CN(Cc1ccc(Cl)s1)C(=O)CCCNC(=O)C(C)(C)C. The molecule has 0 aliphatic heterocycles. The molecule has 0 aromatic carbocycles. The Morgan fingerprint density at radius 1 is 1.33 bits per heavy atom. The van der Waals surface area contributed by atoms with E-state index >= 15 is 0 Å². The number of halogens is 1. The van der Waals surface area contributed by atoms with Gasteiger partial charge in [0.2, 0.25) is 11.8 Å². The molecule has 0 fully saturated rings. The molecule has 0 bridgehead atoms. The lowest BCUT2D eigenvalue weighted by Gasteiger charge is -2.18. The Morgan fingerprint density at radius 2 is 2.00 bits per heavy atom. The van der Waals surface area contributed by atoms with E-state index in [4.69, 9.17) is 11.6 Å². The summed E-state index contributed by atoms with van der Waals surface area (Å²) in [5.74, 6) is 0.0843. The largest absolute Gasteiger partial charge is 0.356 e. The van der Waals surface area contributed by atoms with Crippen molar-refractivity contribution in [1.82, 2.24) is 10.2 Å². The number of amides is 2. The van der Waals surface area contributed by atoms with Gasteiger partial charge in [0, 0.05) is 30.3 Å². The van der Waals surface area contributed by atoms with Gasteiger partial charge >= 0.3 is 0 Å². The normalized spacial score (nSPS) is 11.3. The molecule has 2 amide bonds. The first-order valence-corrected chi connectivity index (χ1v) is 8.16. The maximum Gasteiger partial charge on any atom is 0.225 e. The third-order valence-corrected chi connectivity index (χ3v) is 4.20. The van der Waals surface area contributed by atoms with Gasteiger partial charge in [0.25, 0.3) is 0 Å². The van der Waals surface area contributed by atoms with Gasteiger partial charge in [0.05, 0.1) is 10.9 Å². The highest BCUT2D eigenvalue weighted by Crippen LogP contribution is 2.22. The molecule has 1 aromatic rings. The third kappa shape index (κ3) is 6.48. The predicted octanol–water partition coefficient (Wildman–Crippen LogP) is 3.30. The molecule has 1 N–H and O–H groups in total. The molecule has 6 heteroatoms. The Hall–Kier alpha value is -1.07. The first kappa shape index (κ1) is 18.0. The van der Waals surface area contributed by atoms with Crippen molar-refractivity contribution in [2.75, 3.05) is 13.6 Å². The molecule has 4 nitrogen and oxygen atoms in total. The van der Waals surface area contributed by atoms with Gasteiger partial charge in [-0.05, 0) is 18.6 Å². The second-order valence-electron chi connectivity index (χ2n) is 6.07. The van der Waals surface area contributed by atoms with Crippen LogP contribution in [0, 0.1) is 5.41 Å². The number of carbonyl (C=O) groups is 2. The highest BCUT2D eigenvalue weighted by atomic mass is 35.5. The van der Waals surface area contributed by atoms with Gasteiger partial charge in [-0.25, -0.2) is 0 Å². The van der Waals surface area contributed by atoms with E-state index in [1.807, 2.05) is 32.9 Å². The van der Waals surface area contributed by atoms with E-state index < -0.39 is 0 Å². The van der Waals surface area contributed by atoms with Crippen molar-refractivity contribution < 1.29 is 9.59 Å². The molecule has 1 aromatic heterocycles. The van der Waals surface area contributed by atoms with Gasteiger partial charge in [-0.15, -0.1) is 11.3 Å². The Morgan fingerprint density at radius 3 is 2.52 bits per heavy atom. The minimum absolute atomic E-state index is 0.0107. The molecule has 21 heavy (non-hydrogen) atoms. The molecule has 0 saturated heterocycles. The Bertz CT molecular complexity index is 494. The van der Waals surface area contributed by atoms with E-state index in [2.05, 4.69) is 5.32 Å². The maximum absolute atomic E-state index is 12.0. The molecule has 0 spiro atoms. The van der Waals surface area contributed by atoms with Gasteiger partial charge in [-0.2, -0.15) is 0 Å². The fourth-order valence-corrected chi connectivity index (χ4v) is 2.80.